The molecule has 0 fully saturated rings. The molecule has 0 saturated carbocycles. The summed E-state index contributed by atoms with van der Waals surface area (Å²) in [7, 11) is 0. The van der Waals surface area contributed by atoms with Crippen LogP contribution in [-0.2, 0) is 9.47 Å². The van der Waals surface area contributed by atoms with Crippen molar-refractivity contribution in [3.63, 3.8) is 0 Å². The van der Waals surface area contributed by atoms with Crippen LogP contribution >= 0.6 is 12.2 Å². The molecule has 0 amide bonds. The van der Waals surface area contributed by atoms with Crippen LogP contribution in [0, 0.1) is 0 Å². The predicted octanol–water partition coefficient (Wildman–Crippen LogP) is 1.75. The standard InChI is InChI=1S/C13H19NO3S/c1-2-15-7-8-16-9-10-17-12-5-3-11(4-6-12)13(14)18/h3-6H,2,7-10H2,1H3,(H2,14,18). The van der Waals surface area contributed by atoms with E-state index in [1.54, 1.807) is 0 Å². The quantitative estimate of drug-likeness (QED) is 0.547. The minimum Gasteiger partial charge on any atom is -0.491 e. The molecule has 1 aromatic carbocycles. The molecule has 1 aromatic rings. The zero-order valence-electron chi connectivity index (χ0n) is 10.6. The molecule has 0 heterocycles. The Morgan fingerprint density at radius 2 is 1.67 bits per heavy atom. The maximum atomic E-state index is 5.50. The normalized spacial score (nSPS) is 10.3. The SMILES string of the molecule is CCOCCOCCOc1ccc(C(N)=S)cc1. The number of hydrogen-bond acceptors (Lipinski definition) is 4. The zero-order valence-corrected chi connectivity index (χ0v) is 11.4. The van der Waals surface area contributed by atoms with Crippen LogP contribution in [0.1, 0.15) is 12.5 Å². The van der Waals surface area contributed by atoms with Gasteiger partial charge < -0.3 is 19.9 Å². The monoisotopic (exact) mass is 269 g/mol. The topological polar surface area (TPSA) is 53.7 Å². The molecule has 0 aliphatic heterocycles. The van der Waals surface area contributed by atoms with E-state index in [4.69, 9.17) is 32.2 Å². The van der Waals surface area contributed by atoms with E-state index >= 15 is 0 Å². The first-order chi connectivity index (χ1) is 8.74. The van der Waals surface area contributed by atoms with E-state index in [-0.39, 0.29) is 0 Å². The molecular weight excluding hydrogens is 250 g/mol. The summed E-state index contributed by atoms with van der Waals surface area (Å²) < 4.78 is 16.0. The van der Waals surface area contributed by atoms with Gasteiger partial charge in [0.25, 0.3) is 0 Å². The van der Waals surface area contributed by atoms with Crippen LogP contribution in [0.5, 0.6) is 5.75 Å². The number of benzene rings is 1. The average Bonchev–Trinajstić information content (AvgIpc) is 2.38. The third kappa shape index (κ3) is 5.95. The van der Waals surface area contributed by atoms with Crippen molar-refractivity contribution in [3.8, 4) is 5.75 Å². The molecule has 1 rings (SSSR count). The first kappa shape index (κ1) is 14.9. The van der Waals surface area contributed by atoms with E-state index in [1.807, 2.05) is 31.2 Å². The van der Waals surface area contributed by atoms with Gasteiger partial charge in [-0.1, -0.05) is 12.2 Å². The molecule has 0 spiro atoms. The van der Waals surface area contributed by atoms with Gasteiger partial charge in [0.2, 0.25) is 0 Å². The third-order valence-electron chi connectivity index (χ3n) is 2.21. The van der Waals surface area contributed by atoms with Gasteiger partial charge in [0.05, 0.1) is 19.8 Å². The molecule has 0 unspecified atom stereocenters. The van der Waals surface area contributed by atoms with E-state index in [2.05, 4.69) is 0 Å². The van der Waals surface area contributed by atoms with Crippen molar-refractivity contribution in [1.29, 1.82) is 0 Å². The van der Waals surface area contributed by atoms with Crippen molar-refractivity contribution >= 4 is 17.2 Å². The zero-order chi connectivity index (χ0) is 13.2. The number of rotatable bonds is 9. The average molecular weight is 269 g/mol. The van der Waals surface area contributed by atoms with Gasteiger partial charge in [0.1, 0.15) is 17.3 Å². The van der Waals surface area contributed by atoms with Gasteiger partial charge >= 0.3 is 0 Å². The van der Waals surface area contributed by atoms with E-state index in [0.717, 1.165) is 17.9 Å². The Balaban J connectivity index is 2.14. The number of thiocarbonyl (C=S) groups is 1. The van der Waals surface area contributed by atoms with Crippen LogP contribution in [-0.4, -0.2) is 38.0 Å². The molecule has 0 atom stereocenters. The van der Waals surface area contributed by atoms with Crippen LogP contribution in [0.15, 0.2) is 24.3 Å². The molecule has 2 N–H and O–H groups in total. The first-order valence-electron chi connectivity index (χ1n) is 5.92. The molecule has 5 heteroatoms. The van der Waals surface area contributed by atoms with Crippen LogP contribution in [0.25, 0.3) is 0 Å². The summed E-state index contributed by atoms with van der Waals surface area (Å²) >= 11 is 4.87. The van der Waals surface area contributed by atoms with Crippen molar-refractivity contribution in [3.05, 3.63) is 29.8 Å². The summed E-state index contributed by atoms with van der Waals surface area (Å²) in [5, 5.41) is 0. The van der Waals surface area contributed by atoms with Gasteiger partial charge in [-0.2, -0.15) is 0 Å². The Labute approximate surface area is 113 Å². The van der Waals surface area contributed by atoms with Gasteiger partial charge in [-0.3, -0.25) is 0 Å². The summed E-state index contributed by atoms with van der Waals surface area (Å²) in [6, 6.07) is 7.37. The number of ether oxygens (including phenoxy) is 3. The molecule has 0 aliphatic carbocycles. The molecule has 0 aromatic heterocycles. The molecule has 0 radical (unpaired) electrons. The second-order valence-corrected chi connectivity index (χ2v) is 3.99. The van der Waals surface area contributed by atoms with Crippen molar-refractivity contribution in [2.75, 3.05) is 33.0 Å². The number of hydrogen-bond donors (Lipinski definition) is 1. The predicted molar refractivity (Wildman–Crippen MR) is 75.1 cm³/mol. The second-order valence-electron chi connectivity index (χ2n) is 3.55. The molecule has 0 bridgehead atoms. The maximum absolute atomic E-state index is 5.50. The second kappa shape index (κ2) is 8.85. The lowest BCUT2D eigenvalue weighted by molar-refractivity contribution is 0.0405. The van der Waals surface area contributed by atoms with E-state index in [1.165, 1.54) is 0 Å². The first-order valence-corrected chi connectivity index (χ1v) is 6.33. The lowest BCUT2D eigenvalue weighted by Crippen LogP contribution is -2.11. The Bertz CT molecular complexity index is 354. The lowest BCUT2D eigenvalue weighted by Gasteiger charge is -2.07. The van der Waals surface area contributed by atoms with E-state index in [9.17, 15) is 0 Å². The highest BCUT2D eigenvalue weighted by molar-refractivity contribution is 7.80. The minimum atomic E-state index is 0.390. The summed E-state index contributed by atoms with van der Waals surface area (Å²) in [6.07, 6.45) is 0. The lowest BCUT2D eigenvalue weighted by atomic mass is 10.2. The van der Waals surface area contributed by atoms with Crippen molar-refractivity contribution in [1.82, 2.24) is 0 Å². The fourth-order valence-electron chi connectivity index (χ4n) is 1.30. The van der Waals surface area contributed by atoms with Gasteiger partial charge in [-0.15, -0.1) is 0 Å². The maximum Gasteiger partial charge on any atom is 0.119 e. The molecular formula is C13H19NO3S. The largest absolute Gasteiger partial charge is 0.491 e. The highest BCUT2D eigenvalue weighted by Gasteiger charge is 1.97. The fourth-order valence-corrected chi connectivity index (χ4v) is 1.43. The molecule has 0 saturated heterocycles. The fraction of sp³-hybridized carbons (Fsp3) is 0.462. The smallest absolute Gasteiger partial charge is 0.119 e. The Kier molecular flexibility index (Phi) is 7.32. The van der Waals surface area contributed by atoms with E-state index < -0.39 is 0 Å². The highest BCUT2D eigenvalue weighted by Crippen LogP contribution is 2.11. The van der Waals surface area contributed by atoms with Crippen LogP contribution in [0.4, 0.5) is 0 Å². The van der Waals surface area contributed by atoms with Gasteiger partial charge in [-0.05, 0) is 31.2 Å². The summed E-state index contributed by atoms with van der Waals surface area (Å²) in [5.41, 5.74) is 6.34. The summed E-state index contributed by atoms with van der Waals surface area (Å²) in [6.45, 7) is 4.95. The van der Waals surface area contributed by atoms with Crippen molar-refractivity contribution in [2.24, 2.45) is 5.73 Å². The van der Waals surface area contributed by atoms with Gasteiger partial charge in [0, 0.05) is 12.2 Å². The molecule has 18 heavy (non-hydrogen) atoms. The molecule has 4 nitrogen and oxygen atoms in total. The minimum absolute atomic E-state index is 0.390. The Morgan fingerprint density at radius 1 is 1.06 bits per heavy atom. The van der Waals surface area contributed by atoms with Crippen LogP contribution in [0.3, 0.4) is 0 Å². The molecule has 0 aliphatic rings. The van der Waals surface area contributed by atoms with Gasteiger partial charge in [0.15, 0.2) is 0 Å². The van der Waals surface area contributed by atoms with E-state index in [0.29, 0.717) is 31.4 Å². The molecule has 100 valence electrons. The van der Waals surface area contributed by atoms with Gasteiger partial charge in [-0.25, -0.2) is 0 Å². The van der Waals surface area contributed by atoms with Crippen LogP contribution < -0.4 is 10.5 Å². The summed E-state index contributed by atoms with van der Waals surface area (Å²) in [5.74, 6) is 0.781. The van der Waals surface area contributed by atoms with Crippen molar-refractivity contribution in [2.45, 2.75) is 6.92 Å². The Morgan fingerprint density at radius 3 is 2.28 bits per heavy atom. The Hall–Kier alpha value is -1.17. The number of nitrogens with two attached hydrogens (primary N) is 1. The summed E-state index contributed by atoms with van der Waals surface area (Å²) in [4.78, 5) is 0.390. The van der Waals surface area contributed by atoms with Crippen LogP contribution in [0.2, 0.25) is 0 Å². The third-order valence-corrected chi connectivity index (χ3v) is 2.45. The van der Waals surface area contributed by atoms with Crippen molar-refractivity contribution < 1.29 is 14.2 Å². The highest BCUT2D eigenvalue weighted by atomic mass is 32.1.